The number of esters is 1. The van der Waals surface area contributed by atoms with Crippen LogP contribution in [0.15, 0.2) is 77.6 Å². The molecule has 0 radical (unpaired) electrons. The molecule has 1 amide bonds. The summed E-state index contributed by atoms with van der Waals surface area (Å²) in [6.07, 6.45) is 6.40. The Morgan fingerprint density at radius 3 is 2.24 bits per heavy atom. The molecule has 7 N–H and O–H groups in total. The Morgan fingerprint density at radius 1 is 0.919 bits per heavy atom. The molecule has 5 bridgehead atoms. The van der Waals surface area contributed by atoms with Crippen LogP contribution in [0.5, 0.6) is 23.0 Å². The molecule has 9 unspecified atom stereocenters. The van der Waals surface area contributed by atoms with Gasteiger partial charge in [-0.1, -0.05) is 64.1 Å². The van der Waals surface area contributed by atoms with E-state index in [1.807, 2.05) is 30.3 Å². The van der Waals surface area contributed by atoms with Crippen LogP contribution in [0.1, 0.15) is 76.9 Å². The first-order chi connectivity index (χ1) is 29.2. The predicted octanol–water partition coefficient (Wildman–Crippen LogP) is 7.26. The number of methoxy groups -OCH3 is 1. The molecule has 3 heterocycles. The van der Waals surface area contributed by atoms with Crippen molar-refractivity contribution in [1.29, 1.82) is 0 Å². The number of amides is 1. The molecule has 62 heavy (non-hydrogen) atoms. The van der Waals surface area contributed by atoms with Crippen molar-refractivity contribution in [1.82, 2.24) is 0 Å². The molecule has 0 saturated carbocycles. The van der Waals surface area contributed by atoms with Crippen LogP contribution in [0.25, 0.3) is 16.8 Å². The van der Waals surface area contributed by atoms with Gasteiger partial charge in [0.25, 0.3) is 11.7 Å². The number of hydrogen-bond acceptors (Lipinski definition) is 14. The first-order valence-corrected chi connectivity index (χ1v) is 20.3. The summed E-state index contributed by atoms with van der Waals surface area (Å²) < 4.78 is 23.6. The molecular formula is C47H57N3O12. The minimum Gasteiger partial charge on any atom is -0.507 e. The van der Waals surface area contributed by atoms with E-state index in [0.717, 1.165) is 0 Å². The monoisotopic (exact) mass is 855 g/mol. The predicted molar refractivity (Wildman–Crippen MR) is 236 cm³/mol. The summed E-state index contributed by atoms with van der Waals surface area (Å²) in [5.41, 5.74) is 3.66. The lowest BCUT2D eigenvalue weighted by atomic mass is 9.78. The number of carbonyl (C=O) groups is 3. The number of fused-ring (bicyclic) bond motifs is 14. The molecule has 0 saturated heterocycles. The van der Waals surface area contributed by atoms with Crippen LogP contribution in [0.4, 0.5) is 11.4 Å². The molecule has 3 aromatic carbocycles. The zero-order chi connectivity index (χ0) is 45.8. The van der Waals surface area contributed by atoms with Gasteiger partial charge in [0, 0.05) is 66.7 Å². The zero-order valence-corrected chi connectivity index (χ0v) is 36.6. The smallest absolute Gasteiger partial charge is 0.312 e. The summed E-state index contributed by atoms with van der Waals surface area (Å²) in [5.74, 6) is -8.51. The molecule has 3 aliphatic heterocycles. The van der Waals surface area contributed by atoms with Crippen molar-refractivity contribution in [3.8, 4) is 23.0 Å². The lowest BCUT2D eigenvalue weighted by Crippen LogP contribution is -2.46. The maximum Gasteiger partial charge on any atom is 0.312 e. The van der Waals surface area contributed by atoms with Crippen LogP contribution >= 0.6 is 0 Å². The third-order valence-corrected chi connectivity index (χ3v) is 11.7. The number of anilines is 2. The van der Waals surface area contributed by atoms with E-state index in [4.69, 9.17) is 18.9 Å². The fourth-order valence-electron chi connectivity index (χ4n) is 7.82. The van der Waals surface area contributed by atoms with Crippen molar-refractivity contribution in [2.45, 2.75) is 92.5 Å². The number of ether oxygens (including phenoxy) is 4. The average Bonchev–Trinajstić information content (AvgIpc) is 3.51. The largest absolute Gasteiger partial charge is 0.507 e. The number of nitrogens with one attached hydrogen (secondary N) is 2. The second-order valence-corrected chi connectivity index (χ2v) is 16.2. The van der Waals surface area contributed by atoms with E-state index < -0.39 is 88.8 Å². The molecule has 6 rings (SSSR count). The van der Waals surface area contributed by atoms with Crippen molar-refractivity contribution < 1.29 is 58.9 Å². The van der Waals surface area contributed by atoms with Crippen LogP contribution in [-0.2, 0) is 23.8 Å². The molecular weight excluding hydrogens is 799 g/mol. The van der Waals surface area contributed by atoms with E-state index in [9.17, 15) is 39.9 Å². The van der Waals surface area contributed by atoms with Crippen molar-refractivity contribution in [3.05, 3.63) is 89.2 Å². The standard InChI is InChI=1S/C47H57N3O12/c1-23-15-14-16-24(2)46(58)48-37-32(20-19-25(3)49-50-31-17-12-11-13-18-31)41(55)34-35(42(37)56)40(54)29(7)44-36(34)45(57)47(9,62-44)60-22-21-33(59-10)26(4)43(61-30(8)51)28(6)39(53)27(5)38(23)52/h11-23,26-28,33,38-39,43,50,52-56H,1-10H3,(H,48,58)/b15-14+,20-19+,22-21+,24-16?,49-25+. The van der Waals surface area contributed by atoms with Gasteiger partial charge in [-0.3, -0.25) is 19.8 Å². The van der Waals surface area contributed by atoms with Crippen molar-refractivity contribution in [3.63, 3.8) is 0 Å². The molecule has 0 spiro atoms. The second-order valence-electron chi connectivity index (χ2n) is 16.2. The summed E-state index contributed by atoms with van der Waals surface area (Å²) in [4.78, 5) is 40.6. The lowest BCUT2D eigenvalue weighted by molar-refractivity contribution is -0.160. The summed E-state index contributed by atoms with van der Waals surface area (Å²) in [7, 11) is 1.43. The first kappa shape index (κ1) is 46.9. The number of nitrogens with zero attached hydrogens (tertiary/aromatic N) is 1. The second kappa shape index (κ2) is 19.3. The van der Waals surface area contributed by atoms with Crippen LogP contribution < -0.4 is 15.5 Å². The van der Waals surface area contributed by atoms with Gasteiger partial charge in [0.05, 0.1) is 52.6 Å². The van der Waals surface area contributed by atoms with Gasteiger partial charge >= 0.3 is 11.8 Å². The molecule has 3 aromatic rings. The molecule has 0 fully saturated rings. The van der Waals surface area contributed by atoms with Gasteiger partial charge in [-0.2, -0.15) is 5.10 Å². The Balaban J connectivity index is 1.71. The Bertz CT molecular complexity index is 2350. The topological polar surface area (TPSA) is 226 Å². The third kappa shape index (κ3) is 9.49. The molecule has 0 aliphatic carbocycles. The first-order valence-electron chi connectivity index (χ1n) is 20.3. The van der Waals surface area contributed by atoms with E-state index in [0.29, 0.717) is 11.4 Å². The number of aromatic hydroxyl groups is 3. The number of phenolic OH excluding ortho intramolecular Hbond substituents is 3. The summed E-state index contributed by atoms with van der Waals surface area (Å²) in [5, 5.41) is 65.0. The van der Waals surface area contributed by atoms with E-state index in [-0.39, 0.29) is 44.5 Å². The van der Waals surface area contributed by atoms with Crippen LogP contribution in [0, 0.1) is 30.6 Å². The minimum atomic E-state index is -2.06. The minimum absolute atomic E-state index is 0.0415. The number of para-hydroxylation sites is 1. The maximum absolute atomic E-state index is 14.5. The number of hydrogen-bond donors (Lipinski definition) is 7. The highest BCUT2D eigenvalue weighted by molar-refractivity contribution is 6.23. The number of hydrazone groups is 1. The quantitative estimate of drug-likeness (QED) is 0.0427. The van der Waals surface area contributed by atoms with Crippen LogP contribution in [-0.4, -0.2) is 86.2 Å². The van der Waals surface area contributed by atoms with E-state index in [2.05, 4.69) is 15.8 Å². The van der Waals surface area contributed by atoms with Gasteiger partial charge in [-0.15, -0.1) is 0 Å². The molecule has 332 valence electrons. The molecule has 15 nitrogen and oxygen atoms in total. The van der Waals surface area contributed by atoms with Gasteiger partial charge in [0.2, 0.25) is 0 Å². The van der Waals surface area contributed by atoms with Gasteiger partial charge in [0.15, 0.2) is 5.75 Å². The molecule has 9 atom stereocenters. The number of ketones is 1. The molecule has 3 aliphatic rings. The Hall–Kier alpha value is -6.16. The fourth-order valence-corrected chi connectivity index (χ4v) is 7.82. The number of aliphatic hydroxyl groups excluding tert-OH is 2. The zero-order valence-electron chi connectivity index (χ0n) is 36.6. The van der Waals surface area contributed by atoms with Crippen molar-refractivity contribution >= 4 is 51.6 Å². The third-order valence-electron chi connectivity index (χ3n) is 11.7. The van der Waals surface area contributed by atoms with Crippen molar-refractivity contribution in [2.24, 2.45) is 28.8 Å². The number of benzene rings is 3. The average molecular weight is 856 g/mol. The molecule has 0 aromatic heterocycles. The fraction of sp³-hybridized carbons (Fsp3) is 0.404. The van der Waals surface area contributed by atoms with Gasteiger partial charge in [-0.25, -0.2) is 0 Å². The summed E-state index contributed by atoms with van der Waals surface area (Å²) >= 11 is 0. The number of rotatable bonds is 6. The van der Waals surface area contributed by atoms with E-state index in [1.54, 1.807) is 46.8 Å². The highest BCUT2D eigenvalue weighted by Crippen LogP contribution is 2.55. The normalized spacial score (nSPS) is 28.6. The number of Topliss-reactive ketones (excluding diaryl/α,β-unsaturated/α-hetero) is 1. The van der Waals surface area contributed by atoms with Crippen molar-refractivity contribution in [2.75, 3.05) is 17.9 Å². The number of carbonyl (C=O) groups excluding carboxylic acids is 3. The molecule has 15 heteroatoms. The number of aliphatic hydroxyl groups is 2. The highest BCUT2D eigenvalue weighted by Gasteiger charge is 2.50. The van der Waals surface area contributed by atoms with E-state index in [1.165, 1.54) is 65.4 Å². The van der Waals surface area contributed by atoms with Gasteiger partial charge < -0.3 is 49.8 Å². The van der Waals surface area contributed by atoms with E-state index >= 15 is 0 Å². The van der Waals surface area contributed by atoms with Gasteiger partial charge in [-0.05, 0) is 51.1 Å². The van der Waals surface area contributed by atoms with Crippen LogP contribution in [0.2, 0.25) is 0 Å². The van der Waals surface area contributed by atoms with Crippen LogP contribution in [0.3, 0.4) is 0 Å². The Kier molecular flexibility index (Phi) is 14.6. The Morgan fingerprint density at radius 2 is 1.60 bits per heavy atom. The number of phenols is 3. The van der Waals surface area contributed by atoms with Gasteiger partial charge in [0.1, 0.15) is 23.4 Å². The Labute approximate surface area is 361 Å². The summed E-state index contributed by atoms with van der Waals surface area (Å²) in [6.45, 7) is 14.2. The highest BCUT2D eigenvalue weighted by atomic mass is 16.7. The lowest BCUT2D eigenvalue weighted by Gasteiger charge is -2.38. The summed E-state index contributed by atoms with van der Waals surface area (Å²) in [6, 6.07) is 9.16. The maximum atomic E-state index is 14.5. The SMILES string of the molecule is COC1/C=C/OC2(C)Oc3c(C)c(O)c4c(O)c(c(/C=C/C(C)=N/Nc5ccccc5)c(O)c4c3C2=O)NC(=O)C(C)=C/C=C/C(C)C(O)C(C)C(O)C(C)C(OC(C)=O)C1C. The number of allylic oxidation sites excluding steroid dienone is 3.